The van der Waals surface area contributed by atoms with Crippen LogP contribution in [0.2, 0.25) is 0 Å². The zero-order chi connectivity index (χ0) is 24.2. The lowest BCUT2D eigenvalue weighted by Gasteiger charge is -2.09. The summed E-state index contributed by atoms with van der Waals surface area (Å²) in [5.41, 5.74) is 1.40. The SMILES string of the molecule is COc1ccc(NC(=O)COC(=O)CCC(=O)Nc2ccc(C(=O)OCC(C)C)cc2)cc1. The van der Waals surface area contributed by atoms with Crippen LogP contribution in [-0.2, 0) is 23.9 Å². The van der Waals surface area contributed by atoms with E-state index in [1.807, 2.05) is 13.8 Å². The van der Waals surface area contributed by atoms with Crippen molar-refractivity contribution in [3.05, 3.63) is 54.1 Å². The third-order valence-corrected chi connectivity index (χ3v) is 4.25. The summed E-state index contributed by atoms with van der Waals surface area (Å²) in [5, 5.41) is 5.22. The van der Waals surface area contributed by atoms with E-state index in [1.54, 1.807) is 48.5 Å². The van der Waals surface area contributed by atoms with E-state index < -0.39 is 30.4 Å². The zero-order valence-electron chi connectivity index (χ0n) is 18.9. The molecule has 0 heterocycles. The molecule has 0 aliphatic rings. The van der Waals surface area contributed by atoms with Crippen LogP contribution in [-0.4, -0.2) is 44.1 Å². The van der Waals surface area contributed by atoms with Gasteiger partial charge in [0.2, 0.25) is 5.91 Å². The smallest absolute Gasteiger partial charge is 0.338 e. The Kier molecular flexibility index (Phi) is 9.88. The van der Waals surface area contributed by atoms with Crippen LogP contribution >= 0.6 is 0 Å². The van der Waals surface area contributed by atoms with Gasteiger partial charge in [0, 0.05) is 17.8 Å². The molecule has 2 rings (SSSR count). The molecule has 176 valence electrons. The third-order valence-electron chi connectivity index (χ3n) is 4.25. The summed E-state index contributed by atoms with van der Waals surface area (Å²) in [6.07, 6.45) is -0.293. The van der Waals surface area contributed by atoms with E-state index in [2.05, 4.69) is 10.6 Å². The summed E-state index contributed by atoms with van der Waals surface area (Å²) in [6.45, 7) is 3.76. The molecular formula is C24H28N2O7. The molecule has 0 atom stereocenters. The molecular weight excluding hydrogens is 428 g/mol. The van der Waals surface area contributed by atoms with Crippen LogP contribution in [0.25, 0.3) is 0 Å². The molecule has 0 spiro atoms. The number of rotatable bonds is 11. The topological polar surface area (TPSA) is 120 Å². The number of carbonyl (C=O) groups is 4. The molecule has 0 unspecified atom stereocenters. The first-order valence-corrected chi connectivity index (χ1v) is 10.4. The standard InChI is InChI=1S/C24H28N2O7/c1-16(2)14-33-24(30)17-4-6-18(7-5-17)25-21(27)12-13-23(29)32-15-22(28)26-19-8-10-20(31-3)11-9-19/h4-11,16H,12-15H2,1-3H3,(H,25,27)(H,26,28). The molecule has 0 aliphatic carbocycles. The van der Waals surface area contributed by atoms with Crippen molar-refractivity contribution in [3.8, 4) is 5.75 Å². The molecule has 33 heavy (non-hydrogen) atoms. The molecule has 2 N–H and O–H groups in total. The fourth-order valence-corrected chi connectivity index (χ4v) is 2.54. The molecule has 0 aliphatic heterocycles. The molecule has 2 aromatic rings. The molecule has 0 fully saturated rings. The number of amides is 2. The Balaban J connectivity index is 1.68. The Morgan fingerprint density at radius 3 is 1.94 bits per heavy atom. The summed E-state index contributed by atoms with van der Waals surface area (Å²) in [6, 6.07) is 12.9. The highest BCUT2D eigenvalue weighted by Crippen LogP contribution is 2.15. The molecule has 2 amide bonds. The second kappa shape index (κ2) is 12.8. The molecule has 0 aromatic heterocycles. The highest BCUT2D eigenvalue weighted by atomic mass is 16.5. The first kappa shape index (κ1) is 25.4. The molecule has 0 bridgehead atoms. The van der Waals surface area contributed by atoms with Gasteiger partial charge in [0.05, 0.1) is 25.7 Å². The number of carbonyl (C=O) groups excluding carboxylic acids is 4. The van der Waals surface area contributed by atoms with Gasteiger partial charge >= 0.3 is 11.9 Å². The van der Waals surface area contributed by atoms with Gasteiger partial charge in [-0.1, -0.05) is 13.8 Å². The van der Waals surface area contributed by atoms with Gasteiger partial charge in [-0.2, -0.15) is 0 Å². The third kappa shape index (κ3) is 9.42. The van der Waals surface area contributed by atoms with Gasteiger partial charge in [-0.05, 0) is 54.4 Å². The maximum Gasteiger partial charge on any atom is 0.338 e. The van der Waals surface area contributed by atoms with Gasteiger partial charge in [0.15, 0.2) is 6.61 Å². The average Bonchev–Trinajstić information content (AvgIpc) is 2.80. The Morgan fingerprint density at radius 1 is 0.788 bits per heavy atom. The average molecular weight is 456 g/mol. The molecule has 2 aromatic carbocycles. The van der Waals surface area contributed by atoms with E-state index in [-0.39, 0.29) is 18.8 Å². The van der Waals surface area contributed by atoms with Crippen molar-refractivity contribution in [3.63, 3.8) is 0 Å². The number of nitrogens with one attached hydrogen (secondary N) is 2. The molecule has 9 nitrogen and oxygen atoms in total. The van der Waals surface area contributed by atoms with E-state index in [0.717, 1.165) is 0 Å². The van der Waals surface area contributed by atoms with Gasteiger partial charge in [-0.25, -0.2) is 4.79 Å². The van der Waals surface area contributed by atoms with Crippen LogP contribution in [0.1, 0.15) is 37.0 Å². The number of hydrogen-bond donors (Lipinski definition) is 2. The lowest BCUT2D eigenvalue weighted by Crippen LogP contribution is -2.21. The number of esters is 2. The lowest BCUT2D eigenvalue weighted by atomic mass is 10.2. The van der Waals surface area contributed by atoms with Crippen molar-refractivity contribution in [2.45, 2.75) is 26.7 Å². The van der Waals surface area contributed by atoms with Crippen molar-refractivity contribution in [2.24, 2.45) is 5.92 Å². The van der Waals surface area contributed by atoms with Crippen LogP contribution in [0, 0.1) is 5.92 Å². The second-order valence-electron chi connectivity index (χ2n) is 7.56. The highest BCUT2D eigenvalue weighted by molar-refractivity contribution is 5.95. The van der Waals surface area contributed by atoms with E-state index in [4.69, 9.17) is 14.2 Å². The Labute approximate surface area is 192 Å². The number of methoxy groups -OCH3 is 1. The van der Waals surface area contributed by atoms with Gasteiger partial charge in [0.1, 0.15) is 5.75 Å². The normalized spacial score (nSPS) is 10.3. The van der Waals surface area contributed by atoms with Crippen molar-refractivity contribution >= 4 is 35.1 Å². The number of anilines is 2. The Bertz CT molecular complexity index is 954. The maximum atomic E-state index is 12.0. The van der Waals surface area contributed by atoms with E-state index in [0.29, 0.717) is 29.3 Å². The minimum atomic E-state index is -0.668. The first-order chi connectivity index (χ1) is 15.8. The fraction of sp³-hybridized carbons (Fsp3) is 0.333. The van der Waals surface area contributed by atoms with E-state index >= 15 is 0 Å². The highest BCUT2D eigenvalue weighted by Gasteiger charge is 2.12. The lowest BCUT2D eigenvalue weighted by molar-refractivity contribution is -0.147. The molecule has 9 heteroatoms. The quantitative estimate of drug-likeness (QED) is 0.497. The number of ether oxygens (including phenoxy) is 3. The predicted molar refractivity (Wildman–Crippen MR) is 122 cm³/mol. The van der Waals surface area contributed by atoms with Gasteiger partial charge in [-0.3, -0.25) is 14.4 Å². The summed E-state index contributed by atoms with van der Waals surface area (Å²) in [5.74, 6) is -1.10. The van der Waals surface area contributed by atoms with Crippen LogP contribution in [0.4, 0.5) is 11.4 Å². The van der Waals surface area contributed by atoms with Crippen molar-refractivity contribution < 1.29 is 33.4 Å². The number of benzene rings is 2. The Hall–Kier alpha value is -3.88. The van der Waals surface area contributed by atoms with Gasteiger partial charge in [-0.15, -0.1) is 0 Å². The largest absolute Gasteiger partial charge is 0.497 e. The van der Waals surface area contributed by atoms with Gasteiger partial charge < -0.3 is 24.8 Å². The minimum Gasteiger partial charge on any atom is -0.497 e. The fourth-order valence-electron chi connectivity index (χ4n) is 2.54. The minimum absolute atomic E-state index is 0.114. The van der Waals surface area contributed by atoms with E-state index in [1.165, 1.54) is 7.11 Å². The maximum absolute atomic E-state index is 12.0. The van der Waals surface area contributed by atoms with Crippen molar-refractivity contribution in [1.82, 2.24) is 0 Å². The summed E-state index contributed by atoms with van der Waals surface area (Å²) >= 11 is 0. The first-order valence-electron chi connectivity index (χ1n) is 10.4. The Morgan fingerprint density at radius 2 is 1.36 bits per heavy atom. The second-order valence-corrected chi connectivity index (χ2v) is 7.56. The van der Waals surface area contributed by atoms with Crippen LogP contribution < -0.4 is 15.4 Å². The van der Waals surface area contributed by atoms with Gasteiger partial charge in [0.25, 0.3) is 5.91 Å². The summed E-state index contributed by atoms with van der Waals surface area (Å²) < 4.78 is 15.1. The van der Waals surface area contributed by atoms with E-state index in [9.17, 15) is 19.2 Å². The molecule has 0 saturated heterocycles. The van der Waals surface area contributed by atoms with Crippen LogP contribution in [0.3, 0.4) is 0 Å². The molecule has 0 saturated carbocycles. The zero-order valence-corrected chi connectivity index (χ0v) is 18.9. The predicted octanol–water partition coefficient (Wildman–Crippen LogP) is 3.41. The number of hydrogen-bond acceptors (Lipinski definition) is 7. The summed E-state index contributed by atoms with van der Waals surface area (Å²) in [7, 11) is 1.54. The van der Waals surface area contributed by atoms with Crippen LogP contribution in [0.5, 0.6) is 5.75 Å². The summed E-state index contributed by atoms with van der Waals surface area (Å²) in [4.78, 5) is 47.6. The van der Waals surface area contributed by atoms with Crippen molar-refractivity contribution in [2.75, 3.05) is 31.0 Å². The van der Waals surface area contributed by atoms with Crippen LogP contribution in [0.15, 0.2) is 48.5 Å². The van der Waals surface area contributed by atoms with Crippen molar-refractivity contribution in [1.29, 1.82) is 0 Å². The monoisotopic (exact) mass is 456 g/mol. The molecule has 0 radical (unpaired) electrons.